The molecule has 0 bridgehead atoms. The van der Waals surface area contributed by atoms with E-state index in [4.69, 9.17) is 0 Å². The predicted octanol–water partition coefficient (Wildman–Crippen LogP) is 7.27. The minimum Gasteiger partial charge on any atom is -0.113 e. The maximum absolute atomic E-state index is 2.38. The van der Waals surface area contributed by atoms with E-state index >= 15 is 0 Å². The highest BCUT2D eigenvalue weighted by atomic mass is 32.2. The van der Waals surface area contributed by atoms with Gasteiger partial charge in [-0.2, -0.15) is 0 Å². The first-order valence-corrected chi connectivity index (χ1v) is 10.3. The Hall–Kier alpha value is -2.77. The van der Waals surface area contributed by atoms with Gasteiger partial charge in [-0.15, -0.1) is 11.8 Å². The van der Waals surface area contributed by atoms with Crippen LogP contribution in [0.15, 0.2) is 89.8 Å². The van der Waals surface area contributed by atoms with Crippen LogP contribution in [0.2, 0.25) is 0 Å². The molecule has 0 nitrogen and oxygen atoms in total. The van der Waals surface area contributed by atoms with E-state index in [-0.39, 0.29) is 0 Å². The van der Waals surface area contributed by atoms with Crippen LogP contribution in [0.25, 0.3) is 28.0 Å². The van der Waals surface area contributed by atoms with Crippen molar-refractivity contribution in [1.29, 1.82) is 0 Å². The van der Waals surface area contributed by atoms with Gasteiger partial charge in [0.25, 0.3) is 0 Å². The van der Waals surface area contributed by atoms with Gasteiger partial charge in [-0.05, 0) is 62.7 Å². The van der Waals surface area contributed by atoms with E-state index in [1.165, 1.54) is 49.0 Å². The second-order valence-corrected chi connectivity index (χ2v) is 8.53. The molecule has 0 fully saturated rings. The molecule has 0 saturated heterocycles. The molecule has 1 heteroatoms. The highest BCUT2D eigenvalue weighted by Crippen LogP contribution is 2.48. The van der Waals surface area contributed by atoms with Crippen LogP contribution in [-0.2, 0) is 6.42 Å². The second kappa shape index (κ2) is 5.87. The second-order valence-electron chi connectivity index (χ2n) is 7.34. The average molecular weight is 362 g/mol. The molecule has 4 aromatic rings. The smallest absolute Gasteiger partial charge is 0.0531 e. The molecule has 128 valence electrons. The summed E-state index contributed by atoms with van der Waals surface area (Å²) in [5.41, 5.74) is 8.59. The Kier molecular flexibility index (Phi) is 3.33. The molecule has 4 aromatic carbocycles. The summed E-state index contributed by atoms with van der Waals surface area (Å²) < 4.78 is 0. The number of fused-ring (bicyclic) bond motifs is 5. The van der Waals surface area contributed by atoms with Crippen molar-refractivity contribution in [3.63, 3.8) is 0 Å². The Morgan fingerprint density at radius 1 is 0.741 bits per heavy atom. The molecule has 0 amide bonds. The van der Waals surface area contributed by atoms with Gasteiger partial charge < -0.3 is 0 Å². The van der Waals surface area contributed by atoms with Gasteiger partial charge >= 0.3 is 0 Å². The standard InChI is InChI=1S/C26H18S/c1-2-7-18-16-26-20(14-17(18)6-1)12-13-25(27-26)23-11-5-10-22-21-9-4-3-8-19(21)15-24(22)23/h1-14,16,25H,15H2. The zero-order chi connectivity index (χ0) is 17.8. The first-order chi connectivity index (χ1) is 13.4. The minimum atomic E-state index is 0.378. The van der Waals surface area contributed by atoms with Crippen LogP contribution in [0.5, 0.6) is 0 Å². The molecule has 0 saturated carbocycles. The molecule has 0 N–H and O–H groups in total. The van der Waals surface area contributed by atoms with Crippen molar-refractivity contribution >= 4 is 28.6 Å². The van der Waals surface area contributed by atoms with Crippen LogP contribution in [0.4, 0.5) is 0 Å². The van der Waals surface area contributed by atoms with Gasteiger partial charge in [-0.25, -0.2) is 0 Å². The number of benzene rings is 4. The lowest BCUT2D eigenvalue weighted by Gasteiger charge is -2.22. The Morgan fingerprint density at radius 2 is 1.52 bits per heavy atom. The lowest BCUT2D eigenvalue weighted by Crippen LogP contribution is -2.00. The fourth-order valence-electron chi connectivity index (χ4n) is 4.45. The molecule has 1 unspecified atom stereocenters. The molecular formula is C26H18S. The topological polar surface area (TPSA) is 0 Å². The van der Waals surface area contributed by atoms with Crippen LogP contribution >= 0.6 is 11.8 Å². The van der Waals surface area contributed by atoms with Crippen LogP contribution < -0.4 is 0 Å². The Balaban J connectivity index is 1.44. The van der Waals surface area contributed by atoms with Crippen molar-refractivity contribution in [3.05, 3.63) is 107 Å². The Morgan fingerprint density at radius 3 is 2.44 bits per heavy atom. The van der Waals surface area contributed by atoms with Gasteiger partial charge in [0.15, 0.2) is 0 Å². The summed E-state index contributed by atoms with van der Waals surface area (Å²) >= 11 is 1.98. The minimum absolute atomic E-state index is 0.378. The summed E-state index contributed by atoms with van der Waals surface area (Å²) in [6, 6.07) is 29.0. The predicted molar refractivity (Wildman–Crippen MR) is 116 cm³/mol. The first kappa shape index (κ1) is 15.3. The van der Waals surface area contributed by atoms with Crippen molar-refractivity contribution in [2.24, 2.45) is 0 Å². The number of thioether (sulfide) groups is 1. The lowest BCUT2D eigenvalue weighted by molar-refractivity contribution is 1.13. The molecule has 1 heterocycles. The van der Waals surface area contributed by atoms with E-state index in [1.54, 1.807) is 0 Å². The summed E-state index contributed by atoms with van der Waals surface area (Å²) in [6.07, 6.45) is 5.74. The van der Waals surface area contributed by atoms with Crippen LogP contribution in [0.1, 0.15) is 27.5 Å². The molecule has 2 aliphatic rings. The summed E-state index contributed by atoms with van der Waals surface area (Å²) in [4.78, 5) is 1.38. The maximum atomic E-state index is 2.38. The molecule has 27 heavy (non-hydrogen) atoms. The van der Waals surface area contributed by atoms with Crippen LogP contribution in [-0.4, -0.2) is 0 Å². The van der Waals surface area contributed by atoms with Gasteiger partial charge in [0.1, 0.15) is 0 Å². The highest BCUT2D eigenvalue weighted by Gasteiger charge is 2.25. The van der Waals surface area contributed by atoms with Crippen molar-refractivity contribution in [1.82, 2.24) is 0 Å². The maximum Gasteiger partial charge on any atom is 0.0531 e. The van der Waals surface area contributed by atoms with E-state index < -0.39 is 0 Å². The zero-order valence-corrected chi connectivity index (χ0v) is 15.7. The number of rotatable bonds is 1. The van der Waals surface area contributed by atoms with Crippen molar-refractivity contribution in [3.8, 4) is 11.1 Å². The van der Waals surface area contributed by atoms with E-state index in [9.17, 15) is 0 Å². The zero-order valence-electron chi connectivity index (χ0n) is 14.9. The molecule has 0 aromatic heterocycles. The molecule has 1 aliphatic carbocycles. The van der Waals surface area contributed by atoms with Crippen LogP contribution in [0, 0.1) is 0 Å². The summed E-state index contributed by atoms with van der Waals surface area (Å²) in [7, 11) is 0. The van der Waals surface area contributed by atoms with Crippen LogP contribution in [0.3, 0.4) is 0 Å². The molecule has 1 atom stereocenters. The summed E-state index contributed by atoms with van der Waals surface area (Å²) in [6.45, 7) is 0. The van der Waals surface area contributed by atoms with Gasteiger partial charge in [0, 0.05) is 4.90 Å². The molecule has 0 spiro atoms. The Labute approximate surface area is 163 Å². The first-order valence-electron chi connectivity index (χ1n) is 9.44. The Bertz CT molecular complexity index is 1230. The van der Waals surface area contributed by atoms with Gasteiger partial charge in [-0.1, -0.05) is 78.9 Å². The number of hydrogen-bond acceptors (Lipinski definition) is 1. The molecular weight excluding hydrogens is 344 g/mol. The van der Waals surface area contributed by atoms with Gasteiger partial charge in [0.05, 0.1) is 5.25 Å². The van der Waals surface area contributed by atoms with Crippen molar-refractivity contribution in [2.75, 3.05) is 0 Å². The summed E-state index contributed by atoms with van der Waals surface area (Å²) in [5, 5.41) is 3.02. The lowest BCUT2D eigenvalue weighted by atomic mass is 9.98. The van der Waals surface area contributed by atoms with E-state index in [1.807, 2.05) is 11.8 Å². The largest absolute Gasteiger partial charge is 0.113 e. The van der Waals surface area contributed by atoms with E-state index in [0.717, 1.165) is 6.42 Å². The molecule has 0 radical (unpaired) electrons. The number of hydrogen-bond donors (Lipinski definition) is 0. The third kappa shape index (κ3) is 2.39. The quantitative estimate of drug-likeness (QED) is 0.302. The van der Waals surface area contributed by atoms with E-state index in [0.29, 0.717) is 5.25 Å². The third-order valence-corrected chi connectivity index (χ3v) is 7.05. The highest BCUT2D eigenvalue weighted by molar-refractivity contribution is 7.99. The fourth-order valence-corrected chi connectivity index (χ4v) is 5.69. The summed E-state index contributed by atoms with van der Waals surface area (Å²) in [5.74, 6) is 0. The van der Waals surface area contributed by atoms with Crippen molar-refractivity contribution in [2.45, 2.75) is 16.6 Å². The third-order valence-electron chi connectivity index (χ3n) is 5.78. The SMILES string of the molecule is C1=CC(c2cccc3c2Cc2ccccc2-3)Sc2cc3ccccc3cc21. The molecule has 1 aliphatic heterocycles. The van der Waals surface area contributed by atoms with Gasteiger partial charge in [0.2, 0.25) is 0 Å². The molecule has 6 rings (SSSR count). The normalized spacial score (nSPS) is 16.8. The van der Waals surface area contributed by atoms with Crippen molar-refractivity contribution < 1.29 is 0 Å². The van der Waals surface area contributed by atoms with E-state index in [2.05, 4.69) is 91.0 Å². The fraction of sp³-hybridized carbons (Fsp3) is 0.0769. The van der Waals surface area contributed by atoms with Gasteiger partial charge in [-0.3, -0.25) is 0 Å². The monoisotopic (exact) mass is 362 g/mol. The average Bonchev–Trinajstić information content (AvgIpc) is 3.10.